The predicted molar refractivity (Wildman–Crippen MR) is 85.6 cm³/mol. The minimum Gasteiger partial charge on any atom is -0.491 e. The van der Waals surface area contributed by atoms with E-state index in [1.54, 1.807) is 0 Å². The minimum absolute atomic E-state index is 0.688. The minimum atomic E-state index is 0.688. The largest absolute Gasteiger partial charge is 0.491 e. The summed E-state index contributed by atoms with van der Waals surface area (Å²) in [6, 6.07) is 15.9. The van der Waals surface area contributed by atoms with Gasteiger partial charge < -0.3 is 10.1 Å². The zero-order valence-electron chi connectivity index (χ0n) is 11.7. The first-order valence-electron chi connectivity index (χ1n) is 7.00. The Balaban J connectivity index is 2.00. The second kappa shape index (κ2) is 7.81. The van der Waals surface area contributed by atoms with Crippen LogP contribution in [0.3, 0.4) is 0 Å². The van der Waals surface area contributed by atoms with Gasteiger partial charge in [0.25, 0.3) is 0 Å². The summed E-state index contributed by atoms with van der Waals surface area (Å²) in [6.45, 7) is 3.60. The molecule has 0 saturated heterocycles. The lowest BCUT2D eigenvalue weighted by Crippen LogP contribution is -2.04. The summed E-state index contributed by atoms with van der Waals surface area (Å²) in [7, 11) is 0. The Labute approximate surface area is 125 Å². The van der Waals surface area contributed by atoms with E-state index in [4.69, 9.17) is 16.3 Å². The van der Waals surface area contributed by atoms with Gasteiger partial charge in [-0.15, -0.1) is 0 Å². The van der Waals surface area contributed by atoms with Gasteiger partial charge in [0.05, 0.1) is 12.3 Å². The molecule has 0 unspecified atom stereocenters. The third-order valence-corrected chi connectivity index (χ3v) is 3.44. The number of unbranched alkanes of at least 4 members (excludes halogenated alkanes) is 1. The van der Waals surface area contributed by atoms with Gasteiger partial charge in [0, 0.05) is 11.6 Å². The van der Waals surface area contributed by atoms with Crippen molar-refractivity contribution in [2.45, 2.75) is 26.3 Å². The molecule has 0 atom stereocenters. The molecule has 0 aliphatic carbocycles. The normalized spacial score (nSPS) is 10.3. The molecule has 0 bridgehead atoms. The number of para-hydroxylation sites is 2. The predicted octanol–water partition coefficient (Wildman–Crippen LogP) is 5.13. The highest BCUT2D eigenvalue weighted by Crippen LogP contribution is 2.25. The van der Waals surface area contributed by atoms with Crippen LogP contribution < -0.4 is 10.1 Å². The Kier molecular flexibility index (Phi) is 5.75. The molecule has 0 aliphatic rings. The highest BCUT2D eigenvalue weighted by Gasteiger charge is 2.04. The Morgan fingerprint density at radius 3 is 2.60 bits per heavy atom. The van der Waals surface area contributed by atoms with Gasteiger partial charge in [-0.2, -0.15) is 0 Å². The summed E-state index contributed by atoms with van der Waals surface area (Å²) in [5.74, 6) is 0.896. The van der Waals surface area contributed by atoms with Crippen LogP contribution in [0.4, 0.5) is 5.69 Å². The van der Waals surface area contributed by atoms with E-state index in [1.165, 1.54) is 0 Å². The molecule has 2 aromatic carbocycles. The number of hydrogen-bond acceptors (Lipinski definition) is 2. The van der Waals surface area contributed by atoms with E-state index in [9.17, 15) is 0 Å². The Morgan fingerprint density at radius 1 is 1.05 bits per heavy atom. The summed E-state index contributed by atoms with van der Waals surface area (Å²) in [5.41, 5.74) is 2.08. The molecular formula is C17H20ClNO. The summed E-state index contributed by atoms with van der Waals surface area (Å²) in [4.78, 5) is 0. The van der Waals surface area contributed by atoms with E-state index in [0.717, 1.165) is 41.5 Å². The van der Waals surface area contributed by atoms with Gasteiger partial charge in [-0.3, -0.25) is 0 Å². The van der Waals surface area contributed by atoms with Gasteiger partial charge >= 0.3 is 0 Å². The van der Waals surface area contributed by atoms with Crippen molar-refractivity contribution in [3.8, 4) is 5.75 Å². The number of ether oxygens (including phenoxy) is 1. The first kappa shape index (κ1) is 14.7. The third-order valence-electron chi connectivity index (χ3n) is 3.07. The lowest BCUT2D eigenvalue weighted by molar-refractivity contribution is 0.310. The summed E-state index contributed by atoms with van der Waals surface area (Å²) in [5, 5.41) is 4.17. The van der Waals surface area contributed by atoms with Crippen molar-refractivity contribution < 1.29 is 4.74 Å². The zero-order valence-corrected chi connectivity index (χ0v) is 12.5. The van der Waals surface area contributed by atoms with Gasteiger partial charge in [-0.1, -0.05) is 55.3 Å². The molecule has 0 heterocycles. The van der Waals surface area contributed by atoms with Crippen molar-refractivity contribution in [2.24, 2.45) is 0 Å². The number of halogens is 1. The van der Waals surface area contributed by atoms with Gasteiger partial charge in [0.1, 0.15) is 5.75 Å². The molecule has 2 rings (SSSR count). The average Bonchev–Trinajstić information content (AvgIpc) is 2.48. The fourth-order valence-electron chi connectivity index (χ4n) is 1.90. The topological polar surface area (TPSA) is 21.3 Å². The Hall–Kier alpha value is -1.67. The SMILES string of the molecule is CCCCOc1ccccc1NCc1ccccc1Cl. The van der Waals surface area contributed by atoms with Crippen molar-refractivity contribution in [2.75, 3.05) is 11.9 Å². The molecular weight excluding hydrogens is 270 g/mol. The van der Waals surface area contributed by atoms with Crippen LogP contribution in [0.5, 0.6) is 5.75 Å². The summed E-state index contributed by atoms with van der Waals surface area (Å²) >= 11 is 6.16. The van der Waals surface area contributed by atoms with E-state index in [-0.39, 0.29) is 0 Å². The number of benzene rings is 2. The molecule has 0 fully saturated rings. The molecule has 3 heteroatoms. The lowest BCUT2D eigenvalue weighted by atomic mass is 10.2. The first-order chi connectivity index (χ1) is 9.81. The van der Waals surface area contributed by atoms with Crippen LogP contribution in [0.25, 0.3) is 0 Å². The van der Waals surface area contributed by atoms with Crippen LogP contribution in [0, 0.1) is 0 Å². The molecule has 20 heavy (non-hydrogen) atoms. The Bertz CT molecular complexity index is 542. The molecule has 0 spiro atoms. The van der Waals surface area contributed by atoms with Crippen LogP contribution in [-0.2, 0) is 6.54 Å². The van der Waals surface area contributed by atoms with E-state index >= 15 is 0 Å². The molecule has 0 aliphatic heterocycles. The zero-order chi connectivity index (χ0) is 14.2. The maximum Gasteiger partial charge on any atom is 0.142 e. The number of rotatable bonds is 7. The molecule has 0 saturated carbocycles. The van der Waals surface area contributed by atoms with Crippen molar-refractivity contribution >= 4 is 17.3 Å². The third kappa shape index (κ3) is 4.17. The number of hydrogen-bond donors (Lipinski definition) is 1. The van der Waals surface area contributed by atoms with Gasteiger partial charge in [-0.05, 0) is 30.2 Å². The highest BCUT2D eigenvalue weighted by atomic mass is 35.5. The monoisotopic (exact) mass is 289 g/mol. The van der Waals surface area contributed by atoms with Crippen LogP contribution >= 0.6 is 11.6 Å². The van der Waals surface area contributed by atoms with E-state index in [1.807, 2.05) is 48.5 Å². The molecule has 106 valence electrons. The van der Waals surface area contributed by atoms with Crippen LogP contribution in [-0.4, -0.2) is 6.61 Å². The second-order valence-corrected chi connectivity index (χ2v) is 5.05. The van der Waals surface area contributed by atoms with E-state index < -0.39 is 0 Å². The van der Waals surface area contributed by atoms with Crippen LogP contribution in [0.2, 0.25) is 5.02 Å². The number of nitrogens with one attached hydrogen (secondary N) is 1. The second-order valence-electron chi connectivity index (χ2n) is 4.64. The lowest BCUT2D eigenvalue weighted by Gasteiger charge is -2.13. The summed E-state index contributed by atoms with van der Waals surface area (Å²) < 4.78 is 5.80. The Morgan fingerprint density at radius 2 is 1.80 bits per heavy atom. The molecule has 0 radical (unpaired) electrons. The maximum absolute atomic E-state index is 6.16. The molecule has 1 N–H and O–H groups in total. The highest BCUT2D eigenvalue weighted by molar-refractivity contribution is 6.31. The van der Waals surface area contributed by atoms with Gasteiger partial charge in [0.15, 0.2) is 0 Å². The maximum atomic E-state index is 6.16. The summed E-state index contributed by atoms with van der Waals surface area (Å²) in [6.07, 6.45) is 2.20. The number of anilines is 1. The van der Waals surface area contributed by atoms with Gasteiger partial charge in [0.2, 0.25) is 0 Å². The van der Waals surface area contributed by atoms with Crippen molar-refractivity contribution in [1.29, 1.82) is 0 Å². The first-order valence-corrected chi connectivity index (χ1v) is 7.38. The fraction of sp³-hybridized carbons (Fsp3) is 0.294. The molecule has 0 aromatic heterocycles. The molecule has 2 aromatic rings. The van der Waals surface area contributed by atoms with Gasteiger partial charge in [-0.25, -0.2) is 0 Å². The van der Waals surface area contributed by atoms with E-state index in [2.05, 4.69) is 12.2 Å². The van der Waals surface area contributed by atoms with Crippen LogP contribution in [0.1, 0.15) is 25.3 Å². The van der Waals surface area contributed by atoms with E-state index in [0.29, 0.717) is 6.54 Å². The van der Waals surface area contributed by atoms with Crippen molar-refractivity contribution in [3.05, 3.63) is 59.1 Å². The van der Waals surface area contributed by atoms with Crippen molar-refractivity contribution in [1.82, 2.24) is 0 Å². The fourth-order valence-corrected chi connectivity index (χ4v) is 2.10. The average molecular weight is 290 g/mol. The smallest absolute Gasteiger partial charge is 0.142 e. The molecule has 0 amide bonds. The quantitative estimate of drug-likeness (QED) is 0.713. The van der Waals surface area contributed by atoms with Crippen LogP contribution in [0.15, 0.2) is 48.5 Å². The van der Waals surface area contributed by atoms with Crippen molar-refractivity contribution in [3.63, 3.8) is 0 Å². The molecule has 2 nitrogen and oxygen atoms in total. The standard InChI is InChI=1S/C17H20ClNO/c1-2-3-12-20-17-11-7-6-10-16(17)19-13-14-8-4-5-9-15(14)18/h4-11,19H,2-3,12-13H2,1H3.